The van der Waals surface area contributed by atoms with Gasteiger partial charge in [-0.05, 0) is 72.9 Å². The van der Waals surface area contributed by atoms with Crippen molar-refractivity contribution in [2.75, 3.05) is 19.1 Å². The van der Waals surface area contributed by atoms with E-state index in [2.05, 4.69) is 10.6 Å². The molecular weight excluding hydrogens is 472 g/mol. The molecule has 0 saturated heterocycles. The highest BCUT2D eigenvalue weighted by molar-refractivity contribution is 7.98. The van der Waals surface area contributed by atoms with Gasteiger partial charge in [-0.3, -0.25) is 9.59 Å². The fraction of sp³-hybridized carbons (Fsp3) is 0.483. The number of benzene rings is 2. The summed E-state index contributed by atoms with van der Waals surface area (Å²) in [5.41, 5.74) is 4.29. The van der Waals surface area contributed by atoms with Gasteiger partial charge in [0.25, 0.3) is 5.91 Å². The minimum Gasteiger partial charge on any atom is -0.467 e. The average molecular weight is 511 g/mol. The molecule has 36 heavy (non-hydrogen) atoms. The third-order valence-corrected chi connectivity index (χ3v) is 7.42. The summed E-state index contributed by atoms with van der Waals surface area (Å²) >= 11 is 1.61. The molecule has 0 radical (unpaired) electrons. The normalized spacial score (nSPS) is 14.6. The fourth-order valence-electron chi connectivity index (χ4n) is 4.71. The van der Waals surface area contributed by atoms with Crippen LogP contribution in [0.3, 0.4) is 0 Å². The molecule has 2 aromatic rings. The summed E-state index contributed by atoms with van der Waals surface area (Å²) in [5.74, 6) is 0.0460. The summed E-state index contributed by atoms with van der Waals surface area (Å²) in [4.78, 5) is 38.2. The first kappa shape index (κ1) is 27.8. The molecule has 194 valence electrons. The molecule has 1 atom stereocenters. The van der Waals surface area contributed by atoms with E-state index in [4.69, 9.17) is 4.74 Å². The minimum absolute atomic E-state index is 0.0795. The van der Waals surface area contributed by atoms with Gasteiger partial charge in [0.05, 0.1) is 7.11 Å². The zero-order valence-corrected chi connectivity index (χ0v) is 22.4. The van der Waals surface area contributed by atoms with Crippen LogP contribution in [0.1, 0.15) is 66.4 Å². The highest BCUT2D eigenvalue weighted by Gasteiger charge is 2.24. The Morgan fingerprint density at radius 2 is 1.81 bits per heavy atom. The Morgan fingerprint density at radius 1 is 1.06 bits per heavy atom. The second-order valence-corrected chi connectivity index (χ2v) is 10.4. The number of nitrogens with one attached hydrogen (secondary N) is 2. The first-order valence-electron chi connectivity index (χ1n) is 12.8. The maximum absolute atomic E-state index is 13.4. The van der Waals surface area contributed by atoms with Crippen LogP contribution in [0.4, 0.5) is 0 Å². The lowest BCUT2D eigenvalue weighted by Gasteiger charge is -2.22. The summed E-state index contributed by atoms with van der Waals surface area (Å²) < 4.78 is 4.91. The number of carbonyl (C=O) groups is 3. The number of amides is 2. The maximum Gasteiger partial charge on any atom is 0.328 e. The number of thioether (sulfide) groups is 1. The van der Waals surface area contributed by atoms with E-state index >= 15 is 0 Å². The number of ether oxygens (including phenoxy) is 1. The Morgan fingerprint density at radius 3 is 2.50 bits per heavy atom. The SMILES string of the molecule is COC(=O)[C@H](CCSC)NC(=O)c1ccc(CCC(=O)NC2CCCCC2)cc1-c1ccccc1C. The molecule has 0 bridgehead atoms. The average Bonchev–Trinajstić information content (AvgIpc) is 2.90. The number of carbonyl (C=O) groups excluding carboxylic acids is 3. The monoisotopic (exact) mass is 510 g/mol. The van der Waals surface area contributed by atoms with Gasteiger partial charge < -0.3 is 15.4 Å². The van der Waals surface area contributed by atoms with Crippen molar-refractivity contribution in [3.05, 3.63) is 59.2 Å². The van der Waals surface area contributed by atoms with E-state index in [0.29, 0.717) is 30.9 Å². The van der Waals surface area contributed by atoms with Crippen molar-refractivity contribution < 1.29 is 19.1 Å². The number of aryl methyl sites for hydroxylation is 2. The Kier molecular flexibility index (Phi) is 10.9. The Hall–Kier alpha value is -2.80. The van der Waals surface area contributed by atoms with E-state index in [9.17, 15) is 14.4 Å². The first-order chi connectivity index (χ1) is 17.4. The Bertz CT molecular complexity index is 1050. The summed E-state index contributed by atoms with van der Waals surface area (Å²) in [6.07, 6.45) is 9.21. The van der Waals surface area contributed by atoms with Gasteiger partial charge in [-0.2, -0.15) is 11.8 Å². The number of rotatable bonds is 11. The van der Waals surface area contributed by atoms with Crippen LogP contribution >= 0.6 is 11.8 Å². The summed E-state index contributed by atoms with van der Waals surface area (Å²) in [5, 5.41) is 6.05. The van der Waals surface area contributed by atoms with Crippen LogP contribution in [0.15, 0.2) is 42.5 Å². The molecule has 0 aliphatic heterocycles. The van der Waals surface area contributed by atoms with Gasteiger partial charge in [-0.1, -0.05) is 55.7 Å². The molecule has 6 nitrogen and oxygen atoms in total. The standard InChI is InChI=1S/C29H38N2O4S/c1-20-9-7-8-12-23(20)25-19-21(14-16-27(32)30-22-10-5-4-6-11-22)13-15-24(25)28(33)31-26(17-18-36-3)29(34)35-2/h7-9,12-13,15,19,22,26H,4-6,10-11,14,16-18H2,1-3H3,(H,30,32)(H,31,33)/t26-/m0/s1. The first-order valence-corrected chi connectivity index (χ1v) is 14.2. The second-order valence-electron chi connectivity index (χ2n) is 9.43. The van der Waals surface area contributed by atoms with Gasteiger partial charge in [0.2, 0.25) is 5.91 Å². The van der Waals surface area contributed by atoms with Gasteiger partial charge >= 0.3 is 5.97 Å². The lowest BCUT2D eigenvalue weighted by Crippen LogP contribution is -2.42. The van der Waals surface area contributed by atoms with Crippen molar-refractivity contribution in [3.8, 4) is 11.1 Å². The third kappa shape index (κ3) is 7.85. The molecule has 2 N–H and O–H groups in total. The van der Waals surface area contributed by atoms with Crippen molar-refractivity contribution in [1.82, 2.24) is 10.6 Å². The van der Waals surface area contributed by atoms with Crippen molar-refractivity contribution in [2.45, 2.75) is 70.4 Å². The van der Waals surface area contributed by atoms with Gasteiger partial charge in [0.15, 0.2) is 0 Å². The highest BCUT2D eigenvalue weighted by atomic mass is 32.2. The van der Waals surface area contributed by atoms with Crippen LogP contribution in [0.25, 0.3) is 11.1 Å². The smallest absolute Gasteiger partial charge is 0.328 e. The van der Waals surface area contributed by atoms with Gasteiger partial charge in [-0.15, -0.1) is 0 Å². The molecule has 2 amide bonds. The van der Waals surface area contributed by atoms with Crippen LogP contribution in [-0.2, 0) is 20.7 Å². The molecule has 0 unspecified atom stereocenters. The largest absolute Gasteiger partial charge is 0.467 e. The maximum atomic E-state index is 13.4. The molecule has 1 saturated carbocycles. The lowest BCUT2D eigenvalue weighted by molar-refractivity contribution is -0.142. The number of hydrogen-bond acceptors (Lipinski definition) is 5. The molecule has 0 aromatic heterocycles. The predicted molar refractivity (Wildman–Crippen MR) is 146 cm³/mol. The molecular formula is C29H38N2O4S. The van der Waals surface area contributed by atoms with Gasteiger partial charge in [0, 0.05) is 18.0 Å². The fourth-order valence-corrected chi connectivity index (χ4v) is 5.18. The molecule has 1 aliphatic rings. The Balaban J connectivity index is 1.80. The van der Waals surface area contributed by atoms with E-state index in [1.165, 1.54) is 26.4 Å². The van der Waals surface area contributed by atoms with Gasteiger partial charge in [-0.25, -0.2) is 4.79 Å². The topological polar surface area (TPSA) is 84.5 Å². The van der Waals surface area contributed by atoms with E-state index in [0.717, 1.165) is 40.8 Å². The van der Waals surface area contributed by atoms with Crippen LogP contribution in [0.5, 0.6) is 0 Å². The second kappa shape index (κ2) is 14.1. The van der Waals surface area contributed by atoms with Crippen molar-refractivity contribution in [2.24, 2.45) is 0 Å². The zero-order valence-electron chi connectivity index (χ0n) is 21.6. The number of hydrogen-bond donors (Lipinski definition) is 2. The highest BCUT2D eigenvalue weighted by Crippen LogP contribution is 2.29. The third-order valence-electron chi connectivity index (χ3n) is 6.78. The zero-order chi connectivity index (χ0) is 25.9. The van der Waals surface area contributed by atoms with Crippen molar-refractivity contribution in [1.29, 1.82) is 0 Å². The van der Waals surface area contributed by atoms with Crippen LogP contribution < -0.4 is 10.6 Å². The van der Waals surface area contributed by atoms with E-state index in [-0.39, 0.29) is 11.8 Å². The molecule has 0 spiro atoms. The summed E-state index contributed by atoms with van der Waals surface area (Å²) in [6, 6.07) is 13.2. The Labute approximate surface area is 219 Å². The van der Waals surface area contributed by atoms with Gasteiger partial charge in [0.1, 0.15) is 6.04 Å². The van der Waals surface area contributed by atoms with Crippen molar-refractivity contribution >= 4 is 29.5 Å². The summed E-state index contributed by atoms with van der Waals surface area (Å²) in [6.45, 7) is 2.01. The predicted octanol–water partition coefficient (Wildman–Crippen LogP) is 5.07. The van der Waals surface area contributed by atoms with Crippen LogP contribution in [0.2, 0.25) is 0 Å². The molecule has 2 aromatic carbocycles. The van der Waals surface area contributed by atoms with E-state index in [1.807, 2.05) is 49.6 Å². The quantitative estimate of drug-likeness (QED) is 0.413. The summed E-state index contributed by atoms with van der Waals surface area (Å²) in [7, 11) is 1.33. The van der Waals surface area contributed by atoms with E-state index < -0.39 is 12.0 Å². The molecule has 1 aliphatic carbocycles. The molecule has 0 heterocycles. The molecule has 3 rings (SSSR count). The van der Waals surface area contributed by atoms with E-state index in [1.54, 1.807) is 17.8 Å². The van der Waals surface area contributed by atoms with Crippen molar-refractivity contribution in [3.63, 3.8) is 0 Å². The lowest BCUT2D eigenvalue weighted by atomic mass is 9.92. The number of methoxy groups -OCH3 is 1. The number of esters is 1. The van der Waals surface area contributed by atoms with Crippen LogP contribution in [-0.4, -0.2) is 49.0 Å². The molecule has 7 heteroatoms. The van der Waals surface area contributed by atoms with Crippen LogP contribution in [0, 0.1) is 6.92 Å². The molecule has 1 fully saturated rings. The minimum atomic E-state index is -0.706.